The van der Waals surface area contributed by atoms with Gasteiger partial charge in [0, 0.05) is 9.75 Å². The van der Waals surface area contributed by atoms with Crippen LogP contribution in [0.5, 0.6) is 0 Å². The molecule has 15 heavy (non-hydrogen) atoms. The Balaban J connectivity index is 2.32. The summed E-state index contributed by atoms with van der Waals surface area (Å²) in [6, 6.07) is 8.01. The Kier molecular flexibility index (Phi) is 2.90. The summed E-state index contributed by atoms with van der Waals surface area (Å²) in [5.41, 5.74) is 2.78. The lowest BCUT2D eigenvalue weighted by atomic mass is 10.2. The van der Waals surface area contributed by atoms with E-state index in [1.54, 1.807) is 11.3 Å². The monoisotopic (exact) mass is 222 g/mol. The third-order valence-corrected chi connectivity index (χ3v) is 3.32. The molecule has 3 N–H and O–H groups in total. The maximum absolute atomic E-state index is 5.56. The highest BCUT2D eigenvalue weighted by atomic mass is 32.1. The summed E-state index contributed by atoms with van der Waals surface area (Å²) in [5, 5.41) is 0. The van der Waals surface area contributed by atoms with Crippen molar-refractivity contribution in [1.82, 2.24) is 5.43 Å². The summed E-state index contributed by atoms with van der Waals surface area (Å²) in [6.07, 6.45) is 0. The molecule has 0 aliphatic carbocycles. The first-order chi connectivity index (χ1) is 7.20. The van der Waals surface area contributed by atoms with E-state index in [0.717, 1.165) is 11.5 Å². The van der Waals surface area contributed by atoms with E-state index in [4.69, 9.17) is 10.3 Å². The zero-order valence-corrected chi connectivity index (χ0v) is 9.60. The molecule has 0 fully saturated rings. The number of hydrazine groups is 1. The Hall–Kier alpha value is -1.10. The van der Waals surface area contributed by atoms with Gasteiger partial charge in [0.05, 0.1) is 0 Å². The normalized spacial score (nSPS) is 13.0. The number of nitrogens with one attached hydrogen (secondary N) is 1. The molecule has 0 saturated heterocycles. The molecule has 0 aliphatic heterocycles. The largest absolute Gasteiger partial charge is 0.464 e. The molecule has 0 radical (unpaired) electrons. The first-order valence-electron chi connectivity index (χ1n) is 4.79. The van der Waals surface area contributed by atoms with Crippen LogP contribution in [0.3, 0.4) is 0 Å². The molecule has 0 spiro atoms. The lowest BCUT2D eigenvalue weighted by Crippen LogP contribution is -2.27. The van der Waals surface area contributed by atoms with Gasteiger partial charge in [-0.25, -0.2) is 5.43 Å². The van der Waals surface area contributed by atoms with Crippen LogP contribution in [0, 0.1) is 13.8 Å². The summed E-state index contributed by atoms with van der Waals surface area (Å²) >= 11 is 1.72. The Morgan fingerprint density at radius 1 is 1.27 bits per heavy atom. The van der Waals surface area contributed by atoms with E-state index in [2.05, 4.69) is 24.5 Å². The SMILES string of the molecule is Cc1ccc(C(NN)c2ccc(C)s2)o1. The van der Waals surface area contributed by atoms with Crippen LogP contribution in [0.4, 0.5) is 0 Å². The summed E-state index contributed by atoms with van der Waals surface area (Å²) in [4.78, 5) is 2.44. The summed E-state index contributed by atoms with van der Waals surface area (Å²) in [6.45, 7) is 4.01. The van der Waals surface area contributed by atoms with Crippen molar-refractivity contribution in [3.05, 3.63) is 45.5 Å². The van der Waals surface area contributed by atoms with Crippen LogP contribution >= 0.6 is 11.3 Å². The van der Waals surface area contributed by atoms with Crippen LogP contribution < -0.4 is 11.3 Å². The van der Waals surface area contributed by atoms with E-state index in [0.29, 0.717) is 0 Å². The van der Waals surface area contributed by atoms with Crippen LogP contribution in [0.15, 0.2) is 28.7 Å². The van der Waals surface area contributed by atoms with Gasteiger partial charge in [0.2, 0.25) is 0 Å². The Morgan fingerprint density at radius 2 is 2.07 bits per heavy atom. The second-order valence-electron chi connectivity index (χ2n) is 3.50. The van der Waals surface area contributed by atoms with Crippen molar-refractivity contribution in [1.29, 1.82) is 0 Å². The molecule has 80 valence electrons. The van der Waals surface area contributed by atoms with Gasteiger partial charge < -0.3 is 4.42 Å². The third-order valence-electron chi connectivity index (χ3n) is 2.26. The highest BCUT2D eigenvalue weighted by Crippen LogP contribution is 2.28. The number of nitrogens with two attached hydrogens (primary N) is 1. The quantitative estimate of drug-likeness (QED) is 0.619. The van der Waals surface area contributed by atoms with Gasteiger partial charge in [-0.05, 0) is 38.1 Å². The zero-order chi connectivity index (χ0) is 10.8. The van der Waals surface area contributed by atoms with Gasteiger partial charge in [-0.15, -0.1) is 11.3 Å². The molecular formula is C11H14N2OS. The number of furan rings is 1. The number of aryl methyl sites for hydroxylation is 2. The molecule has 1 atom stereocenters. The van der Waals surface area contributed by atoms with Gasteiger partial charge >= 0.3 is 0 Å². The fourth-order valence-electron chi connectivity index (χ4n) is 1.52. The maximum Gasteiger partial charge on any atom is 0.127 e. The molecule has 4 heteroatoms. The molecule has 2 aromatic rings. The number of hydrogen-bond acceptors (Lipinski definition) is 4. The second kappa shape index (κ2) is 4.18. The minimum absolute atomic E-state index is 0.0441. The van der Waals surface area contributed by atoms with Gasteiger partial charge in [0.25, 0.3) is 0 Å². The molecule has 0 aromatic carbocycles. The van der Waals surface area contributed by atoms with E-state index < -0.39 is 0 Å². The maximum atomic E-state index is 5.56. The predicted octanol–water partition coefficient (Wildman–Crippen LogP) is 2.51. The van der Waals surface area contributed by atoms with Crippen LogP contribution in [0.2, 0.25) is 0 Å². The highest BCUT2D eigenvalue weighted by Gasteiger charge is 2.17. The average Bonchev–Trinajstić information content (AvgIpc) is 2.78. The lowest BCUT2D eigenvalue weighted by molar-refractivity contribution is 0.437. The fourth-order valence-corrected chi connectivity index (χ4v) is 2.47. The van der Waals surface area contributed by atoms with Crippen molar-refractivity contribution >= 4 is 11.3 Å². The molecule has 1 unspecified atom stereocenters. The smallest absolute Gasteiger partial charge is 0.127 e. The summed E-state index contributed by atoms with van der Waals surface area (Å²) in [7, 11) is 0. The second-order valence-corrected chi connectivity index (χ2v) is 4.82. The summed E-state index contributed by atoms with van der Waals surface area (Å²) in [5.74, 6) is 7.31. The highest BCUT2D eigenvalue weighted by molar-refractivity contribution is 7.12. The van der Waals surface area contributed by atoms with Crippen LogP contribution in [0.25, 0.3) is 0 Å². The van der Waals surface area contributed by atoms with Gasteiger partial charge in [-0.3, -0.25) is 5.84 Å². The van der Waals surface area contributed by atoms with E-state index in [1.165, 1.54) is 9.75 Å². The van der Waals surface area contributed by atoms with Crippen molar-refractivity contribution in [2.75, 3.05) is 0 Å². The molecule has 3 nitrogen and oxygen atoms in total. The molecule has 0 aliphatic rings. The van der Waals surface area contributed by atoms with Crippen molar-refractivity contribution in [2.24, 2.45) is 5.84 Å². The van der Waals surface area contributed by atoms with E-state index in [9.17, 15) is 0 Å². The fraction of sp³-hybridized carbons (Fsp3) is 0.273. The molecular weight excluding hydrogens is 208 g/mol. The van der Waals surface area contributed by atoms with Crippen LogP contribution in [-0.2, 0) is 0 Å². The van der Waals surface area contributed by atoms with Gasteiger partial charge in [-0.1, -0.05) is 0 Å². The zero-order valence-electron chi connectivity index (χ0n) is 8.78. The average molecular weight is 222 g/mol. The number of rotatable bonds is 3. The van der Waals surface area contributed by atoms with Gasteiger partial charge in [0.1, 0.15) is 17.6 Å². The third kappa shape index (κ3) is 2.12. The minimum Gasteiger partial charge on any atom is -0.464 e. The van der Waals surface area contributed by atoms with Crippen molar-refractivity contribution in [3.63, 3.8) is 0 Å². The molecule has 2 rings (SSSR count). The first-order valence-corrected chi connectivity index (χ1v) is 5.61. The van der Waals surface area contributed by atoms with E-state index in [1.807, 2.05) is 19.1 Å². The molecule has 2 heterocycles. The minimum atomic E-state index is -0.0441. The van der Waals surface area contributed by atoms with Gasteiger partial charge in [0.15, 0.2) is 0 Å². The van der Waals surface area contributed by atoms with Crippen molar-refractivity contribution in [3.8, 4) is 0 Å². The van der Waals surface area contributed by atoms with Crippen molar-refractivity contribution < 1.29 is 4.42 Å². The molecule has 0 amide bonds. The molecule has 2 aromatic heterocycles. The first kappa shape index (κ1) is 10.4. The van der Waals surface area contributed by atoms with Gasteiger partial charge in [-0.2, -0.15) is 0 Å². The van der Waals surface area contributed by atoms with Crippen molar-refractivity contribution in [2.45, 2.75) is 19.9 Å². The Morgan fingerprint density at radius 3 is 2.53 bits per heavy atom. The Bertz CT molecular complexity index is 407. The number of thiophene rings is 1. The Labute approximate surface area is 92.9 Å². The van der Waals surface area contributed by atoms with E-state index in [-0.39, 0.29) is 6.04 Å². The molecule has 0 bridgehead atoms. The lowest BCUT2D eigenvalue weighted by Gasteiger charge is -2.10. The standard InChI is InChI=1S/C11H14N2OS/c1-7-3-5-9(14-7)11(13-12)10-6-4-8(2)15-10/h3-6,11,13H,12H2,1-2H3. The number of hydrogen-bond donors (Lipinski definition) is 2. The molecule has 0 saturated carbocycles. The predicted molar refractivity (Wildman–Crippen MR) is 61.7 cm³/mol. The van der Waals surface area contributed by atoms with Crippen LogP contribution in [-0.4, -0.2) is 0 Å². The van der Waals surface area contributed by atoms with Crippen LogP contribution in [0.1, 0.15) is 27.3 Å². The summed E-state index contributed by atoms with van der Waals surface area (Å²) < 4.78 is 5.56. The topological polar surface area (TPSA) is 51.2 Å². The van der Waals surface area contributed by atoms with E-state index >= 15 is 0 Å².